The van der Waals surface area contributed by atoms with Crippen LogP contribution in [0.5, 0.6) is 0 Å². The van der Waals surface area contributed by atoms with E-state index in [0.717, 1.165) is 0 Å². The summed E-state index contributed by atoms with van der Waals surface area (Å²) in [7, 11) is -1.96. The van der Waals surface area contributed by atoms with Crippen LogP contribution in [0.4, 0.5) is 0 Å². The molecule has 1 aliphatic rings. The highest BCUT2D eigenvalue weighted by molar-refractivity contribution is 7.33. The molecule has 0 bridgehead atoms. The Morgan fingerprint density at radius 3 is 3.08 bits per heavy atom. The molecular formula is C7H12O5P. The molecule has 0 aliphatic carbocycles. The van der Waals surface area contributed by atoms with Crippen LogP contribution in [-0.2, 0) is 23.1 Å². The highest BCUT2D eigenvalue weighted by Gasteiger charge is 2.23. The molecule has 6 heteroatoms. The van der Waals surface area contributed by atoms with Crippen LogP contribution in [0.1, 0.15) is 0 Å². The first-order valence-corrected chi connectivity index (χ1v) is 4.99. The highest BCUT2D eigenvalue weighted by Crippen LogP contribution is 2.33. The van der Waals surface area contributed by atoms with Crippen LogP contribution in [0.2, 0.25) is 0 Å². The molecular weight excluding hydrogens is 195 g/mol. The topological polar surface area (TPSA) is 54.0 Å². The zero-order valence-corrected chi connectivity index (χ0v) is 8.07. The molecule has 0 aromatic heterocycles. The monoisotopic (exact) mass is 207 g/mol. The van der Waals surface area contributed by atoms with Gasteiger partial charge in [-0.15, -0.1) is 6.58 Å². The minimum Gasteiger partial charge on any atom is -0.375 e. The van der Waals surface area contributed by atoms with E-state index in [1.165, 1.54) is 0 Å². The maximum atomic E-state index is 10.6. The average Bonchev–Trinajstić information content (AvgIpc) is 2.51. The van der Waals surface area contributed by atoms with Crippen molar-refractivity contribution in [2.24, 2.45) is 0 Å². The van der Waals surface area contributed by atoms with Gasteiger partial charge >= 0.3 is 8.25 Å². The standard InChI is InChI=1S/C7H12O5P/c1-2-3-9-4-5-10-7-6-11-13(8)12-7/h2,7H,1,3-6H2. The van der Waals surface area contributed by atoms with Crippen molar-refractivity contribution in [1.29, 1.82) is 0 Å². The first-order chi connectivity index (χ1) is 6.33. The van der Waals surface area contributed by atoms with E-state index >= 15 is 0 Å². The van der Waals surface area contributed by atoms with Gasteiger partial charge in [0, 0.05) is 0 Å². The van der Waals surface area contributed by atoms with Crippen molar-refractivity contribution in [2.75, 3.05) is 26.4 Å². The molecule has 1 fully saturated rings. The Labute approximate surface area is 77.6 Å². The molecule has 0 amide bonds. The Morgan fingerprint density at radius 1 is 1.62 bits per heavy atom. The quantitative estimate of drug-likeness (QED) is 0.372. The van der Waals surface area contributed by atoms with Gasteiger partial charge in [0.2, 0.25) is 0 Å². The molecule has 1 saturated heterocycles. The van der Waals surface area contributed by atoms with Crippen molar-refractivity contribution in [3.63, 3.8) is 0 Å². The average molecular weight is 207 g/mol. The van der Waals surface area contributed by atoms with E-state index in [0.29, 0.717) is 19.8 Å². The Kier molecular flexibility index (Phi) is 5.12. The molecule has 1 aliphatic heterocycles. The molecule has 0 aromatic rings. The molecule has 1 rings (SSSR count). The lowest BCUT2D eigenvalue weighted by atomic mass is 10.6. The summed E-state index contributed by atoms with van der Waals surface area (Å²) in [5, 5.41) is 0. The van der Waals surface area contributed by atoms with E-state index in [4.69, 9.17) is 14.0 Å². The minimum atomic E-state index is -1.96. The first-order valence-electron chi connectivity index (χ1n) is 3.90. The van der Waals surface area contributed by atoms with Gasteiger partial charge in [-0.1, -0.05) is 6.08 Å². The predicted octanol–water partition coefficient (Wildman–Crippen LogP) is 1.24. The molecule has 2 unspecified atom stereocenters. The summed E-state index contributed by atoms with van der Waals surface area (Å²) in [6.07, 6.45) is 1.14. The van der Waals surface area contributed by atoms with Gasteiger partial charge in [-0.05, 0) is 0 Å². The van der Waals surface area contributed by atoms with E-state index in [1.807, 2.05) is 0 Å². The summed E-state index contributed by atoms with van der Waals surface area (Å²) in [6, 6.07) is 0. The van der Waals surface area contributed by atoms with E-state index in [1.54, 1.807) is 6.08 Å². The van der Waals surface area contributed by atoms with E-state index in [2.05, 4.69) is 11.1 Å². The third-order valence-electron chi connectivity index (χ3n) is 1.29. The van der Waals surface area contributed by atoms with Crippen LogP contribution in [0.15, 0.2) is 12.7 Å². The second kappa shape index (κ2) is 6.18. The van der Waals surface area contributed by atoms with Crippen LogP contribution in [0.3, 0.4) is 0 Å². The van der Waals surface area contributed by atoms with Gasteiger partial charge in [0.1, 0.15) is 6.61 Å². The minimum absolute atomic E-state index is 0.219. The number of rotatable bonds is 6. The summed E-state index contributed by atoms with van der Waals surface area (Å²) in [5.41, 5.74) is 0. The molecule has 2 atom stereocenters. The maximum absolute atomic E-state index is 10.6. The Hall–Kier alpha value is -0.320. The summed E-state index contributed by atoms with van der Waals surface area (Å²) in [5.74, 6) is 0. The van der Waals surface area contributed by atoms with E-state index in [-0.39, 0.29) is 6.61 Å². The fraction of sp³-hybridized carbons (Fsp3) is 0.714. The van der Waals surface area contributed by atoms with Crippen molar-refractivity contribution in [3.8, 4) is 0 Å². The summed E-state index contributed by atoms with van der Waals surface area (Å²) < 4.78 is 30.2. The molecule has 1 heterocycles. The van der Waals surface area contributed by atoms with Gasteiger partial charge in [-0.25, -0.2) is 9.09 Å². The number of hydrogen-bond donors (Lipinski definition) is 0. The number of ether oxygens (including phenoxy) is 2. The summed E-state index contributed by atoms with van der Waals surface area (Å²) in [4.78, 5) is 0. The second-order valence-electron chi connectivity index (χ2n) is 2.29. The molecule has 0 saturated carbocycles. The van der Waals surface area contributed by atoms with Gasteiger partial charge < -0.3 is 9.47 Å². The van der Waals surface area contributed by atoms with Gasteiger partial charge in [-0.3, -0.25) is 4.52 Å². The van der Waals surface area contributed by atoms with E-state index in [9.17, 15) is 4.57 Å². The highest BCUT2D eigenvalue weighted by atomic mass is 31.1. The molecule has 13 heavy (non-hydrogen) atoms. The fourth-order valence-electron chi connectivity index (χ4n) is 0.762. The Morgan fingerprint density at radius 2 is 2.46 bits per heavy atom. The van der Waals surface area contributed by atoms with Gasteiger partial charge in [0.05, 0.1) is 19.8 Å². The maximum Gasteiger partial charge on any atom is 0.371 e. The first kappa shape index (κ1) is 10.8. The Bertz CT molecular complexity index is 184. The lowest BCUT2D eigenvalue weighted by molar-refractivity contribution is -0.0812. The van der Waals surface area contributed by atoms with Crippen molar-refractivity contribution < 1.29 is 23.1 Å². The second-order valence-corrected chi connectivity index (χ2v) is 3.20. The largest absolute Gasteiger partial charge is 0.375 e. The predicted molar refractivity (Wildman–Crippen MR) is 45.4 cm³/mol. The summed E-state index contributed by atoms with van der Waals surface area (Å²) >= 11 is 0. The van der Waals surface area contributed by atoms with Gasteiger partial charge in [0.15, 0.2) is 6.29 Å². The lowest BCUT2D eigenvalue weighted by Crippen LogP contribution is -2.17. The molecule has 75 valence electrons. The molecule has 0 N–H and O–H groups in total. The zero-order chi connectivity index (χ0) is 9.52. The molecule has 1 radical (unpaired) electrons. The third kappa shape index (κ3) is 4.45. The van der Waals surface area contributed by atoms with Crippen LogP contribution >= 0.6 is 8.25 Å². The van der Waals surface area contributed by atoms with Crippen molar-refractivity contribution >= 4 is 8.25 Å². The SMILES string of the molecule is C=CCOCCOC1CO[P](=O)O1. The third-order valence-corrected chi connectivity index (χ3v) is 2.05. The molecule has 5 nitrogen and oxygen atoms in total. The molecule has 0 aromatic carbocycles. The smallest absolute Gasteiger partial charge is 0.371 e. The normalized spacial score (nSPS) is 24.9. The van der Waals surface area contributed by atoms with Gasteiger partial charge in [0.25, 0.3) is 0 Å². The summed E-state index contributed by atoms with van der Waals surface area (Å²) in [6.45, 7) is 5.07. The number of hydrogen-bond acceptors (Lipinski definition) is 5. The lowest BCUT2D eigenvalue weighted by Gasteiger charge is -2.07. The van der Waals surface area contributed by atoms with Crippen LogP contribution in [-0.4, -0.2) is 32.7 Å². The van der Waals surface area contributed by atoms with Crippen molar-refractivity contribution in [1.82, 2.24) is 0 Å². The van der Waals surface area contributed by atoms with Crippen LogP contribution in [0, 0.1) is 0 Å². The molecule has 0 spiro atoms. The van der Waals surface area contributed by atoms with Crippen LogP contribution < -0.4 is 0 Å². The zero-order valence-electron chi connectivity index (χ0n) is 7.18. The van der Waals surface area contributed by atoms with E-state index < -0.39 is 14.5 Å². The van der Waals surface area contributed by atoms with Crippen molar-refractivity contribution in [3.05, 3.63) is 12.7 Å². The van der Waals surface area contributed by atoms with Crippen molar-refractivity contribution in [2.45, 2.75) is 6.29 Å². The fourth-order valence-corrected chi connectivity index (χ4v) is 1.38. The Balaban J connectivity index is 1.94. The van der Waals surface area contributed by atoms with Crippen LogP contribution in [0.25, 0.3) is 0 Å². The van der Waals surface area contributed by atoms with Gasteiger partial charge in [-0.2, -0.15) is 0 Å².